The average Bonchev–Trinajstić information content (AvgIpc) is 3.66. The van der Waals surface area contributed by atoms with E-state index in [-0.39, 0.29) is 5.97 Å². The number of aromatic nitrogens is 2. The third-order valence-electron chi connectivity index (χ3n) is 7.66. The van der Waals surface area contributed by atoms with Crippen LogP contribution in [0.15, 0.2) is 85.2 Å². The van der Waals surface area contributed by atoms with Crippen LogP contribution in [0.5, 0.6) is 0 Å². The van der Waals surface area contributed by atoms with Gasteiger partial charge >= 0.3 is 5.97 Å². The fourth-order valence-electron chi connectivity index (χ4n) is 5.76. The normalized spacial score (nSPS) is 15.2. The Hall–Kier alpha value is -4.09. The number of H-pyrrole nitrogens is 2. The lowest BCUT2D eigenvalue weighted by Gasteiger charge is -2.30. The van der Waals surface area contributed by atoms with Crippen molar-refractivity contribution < 1.29 is 9.53 Å². The summed E-state index contributed by atoms with van der Waals surface area (Å²) in [4.78, 5) is 21.1. The topological polar surface area (TPSA) is 61.1 Å². The number of carbonyl (C=O) groups is 1. The molecule has 5 heteroatoms. The van der Waals surface area contributed by atoms with Crippen LogP contribution in [0.3, 0.4) is 0 Å². The van der Waals surface area contributed by atoms with Crippen molar-refractivity contribution in [2.24, 2.45) is 0 Å². The number of fused-ring (bicyclic) bond motifs is 3. The van der Waals surface area contributed by atoms with E-state index in [1.54, 1.807) is 0 Å². The maximum absolute atomic E-state index is 11.5. The van der Waals surface area contributed by atoms with Gasteiger partial charge in [-0.25, -0.2) is 4.79 Å². The molecule has 1 atom stereocenters. The van der Waals surface area contributed by atoms with E-state index in [0.717, 1.165) is 37.9 Å². The van der Waals surface area contributed by atoms with Gasteiger partial charge in [0.2, 0.25) is 0 Å². The number of nitrogens with zero attached hydrogens (tertiary/aromatic N) is 1. The molecule has 3 aromatic carbocycles. The lowest BCUT2D eigenvalue weighted by Crippen LogP contribution is -2.29. The second-order valence-electron chi connectivity index (χ2n) is 9.81. The minimum absolute atomic E-state index is 0.333. The van der Waals surface area contributed by atoms with Crippen molar-refractivity contribution >= 4 is 33.9 Å². The first kappa shape index (κ1) is 23.3. The molecule has 0 amide bonds. The Morgan fingerprint density at radius 3 is 2.43 bits per heavy atom. The van der Waals surface area contributed by atoms with E-state index in [2.05, 4.69) is 94.0 Å². The van der Waals surface area contributed by atoms with Gasteiger partial charge in [-0.05, 0) is 65.3 Å². The van der Waals surface area contributed by atoms with Crippen LogP contribution in [-0.2, 0) is 28.9 Å². The zero-order chi connectivity index (χ0) is 25.2. The molecule has 0 bridgehead atoms. The van der Waals surface area contributed by atoms with Crippen molar-refractivity contribution in [1.29, 1.82) is 0 Å². The monoisotopic (exact) mass is 489 g/mol. The molecular weight excluding hydrogens is 458 g/mol. The van der Waals surface area contributed by atoms with Crippen LogP contribution >= 0.6 is 0 Å². The third-order valence-corrected chi connectivity index (χ3v) is 7.66. The number of carbonyl (C=O) groups excluding carboxylic acids is 1. The molecule has 2 aromatic heterocycles. The fourth-order valence-corrected chi connectivity index (χ4v) is 5.76. The van der Waals surface area contributed by atoms with Crippen molar-refractivity contribution in [3.8, 4) is 0 Å². The first-order valence-corrected chi connectivity index (χ1v) is 12.9. The van der Waals surface area contributed by atoms with Crippen LogP contribution in [0, 0.1) is 0 Å². The number of esters is 1. The fraction of sp³-hybridized carbons (Fsp3) is 0.219. The Morgan fingerprint density at radius 2 is 1.68 bits per heavy atom. The van der Waals surface area contributed by atoms with Crippen LogP contribution in [0.1, 0.15) is 40.3 Å². The minimum atomic E-state index is -0.333. The Bertz CT molecular complexity index is 1590. The molecule has 6 rings (SSSR count). The number of methoxy groups -OCH3 is 1. The highest BCUT2D eigenvalue weighted by Crippen LogP contribution is 2.38. The van der Waals surface area contributed by atoms with Gasteiger partial charge in [0.15, 0.2) is 0 Å². The van der Waals surface area contributed by atoms with Crippen molar-refractivity contribution in [3.05, 3.63) is 113 Å². The lowest BCUT2D eigenvalue weighted by atomic mass is 10.0. The number of aromatic amines is 2. The Labute approximate surface area is 216 Å². The summed E-state index contributed by atoms with van der Waals surface area (Å²) in [5, 5.41) is 2.60. The summed E-state index contributed by atoms with van der Waals surface area (Å²) in [6, 6.07) is 24.0. The first-order valence-electron chi connectivity index (χ1n) is 12.9. The summed E-state index contributed by atoms with van der Waals surface area (Å²) in [5.74, 6) is -0.333. The first-order chi connectivity index (χ1) is 18.2. The van der Waals surface area contributed by atoms with Gasteiger partial charge < -0.3 is 14.7 Å². The highest BCUT2D eigenvalue weighted by atomic mass is 16.5. The highest BCUT2D eigenvalue weighted by molar-refractivity contribution is 5.87. The summed E-state index contributed by atoms with van der Waals surface area (Å²) in [5.41, 5.74) is 8.87. The molecule has 2 N–H and O–H groups in total. The summed E-state index contributed by atoms with van der Waals surface area (Å²) in [7, 11) is 1.40. The predicted octanol–water partition coefficient (Wildman–Crippen LogP) is 6.57. The smallest absolute Gasteiger partial charge is 0.330 e. The minimum Gasteiger partial charge on any atom is -0.466 e. The van der Waals surface area contributed by atoms with Crippen LogP contribution in [0.2, 0.25) is 0 Å². The summed E-state index contributed by atoms with van der Waals surface area (Å²) >= 11 is 0. The average molecular weight is 490 g/mol. The van der Waals surface area contributed by atoms with E-state index in [4.69, 9.17) is 4.74 Å². The lowest BCUT2D eigenvalue weighted by molar-refractivity contribution is -0.134. The molecule has 0 spiro atoms. The third kappa shape index (κ3) is 4.70. The van der Waals surface area contributed by atoms with Gasteiger partial charge in [-0.1, -0.05) is 54.6 Å². The molecule has 5 nitrogen and oxygen atoms in total. The molecule has 0 saturated carbocycles. The van der Waals surface area contributed by atoms with Gasteiger partial charge in [0.25, 0.3) is 0 Å². The quantitative estimate of drug-likeness (QED) is 0.191. The zero-order valence-corrected chi connectivity index (χ0v) is 21.0. The van der Waals surface area contributed by atoms with Crippen molar-refractivity contribution in [2.75, 3.05) is 13.7 Å². The van der Waals surface area contributed by atoms with Gasteiger partial charge in [-0.3, -0.25) is 4.90 Å². The zero-order valence-electron chi connectivity index (χ0n) is 21.0. The van der Waals surface area contributed by atoms with Crippen LogP contribution in [-0.4, -0.2) is 34.5 Å². The molecule has 186 valence electrons. The molecule has 0 aliphatic heterocycles. The number of hydrogen-bond donors (Lipinski definition) is 2. The standard InChI is InChI=1S/C32H31N3O2/c1-37-32(36)15-11-22-10-13-28-23(18-22)12-14-31(28)35(21-25-20-34-30-9-5-3-7-27(25)30)17-16-24-19-33-29-8-4-2-6-26(24)29/h2-11,13,15,18-20,31,33-34H,12,14,16-17,21H2,1H3. The van der Waals surface area contributed by atoms with E-state index < -0.39 is 0 Å². The summed E-state index contributed by atoms with van der Waals surface area (Å²) < 4.78 is 4.74. The van der Waals surface area contributed by atoms with E-state index in [1.165, 1.54) is 57.2 Å². The van der Waals surface area contributed by atoms with E-state index in [1.807, 2.05) is 6.08 Å². The van der Waals surface area contributed by atoms with Gasteiger partial charge in [-0.15, -0.1) is 0 Å². The number of para-hydroxylation sites is 2. The van der Waals surface area contributed by atoms with Crippen LogP contribution in [0.4, 0.5) is 0 Å². The van der Waals surface area contributed by atoms with Crippen molar-refractivity contribution in [3.63, 3.8) is 0 Å². The largest absolute Gasteiger partial charge is 0.466 e. The van der Waals surface area contributed by atoms with Crippen molar-refractivity contribution in [2.45, 2.75) is 31.8 Å². The molecule has 0 radical (unpaired) electrons. The number of aryl methyl sites for hydroxylation is 1. The SMILES string of the molecule is COC(=O)C=Cc1ccc2c(c1)CCC2N(CCc1c[nH]c2ccccc12)Cc1c[nH]c2ccccc12. The van der Waals surface area contributed by atoms with Crippen LogP contribution < -0.4 is 0 Å². The van der Waals surface area contributed by atoms with Gasteiger partial charge in [0.05, 0.1) is 7.11 Å². The molecule has 1 aliphatic carbocycles. The second-order valence-corrected chi connectivity index (χ2v) is 9.81. The number of rotatable bonds is 8. The molecule has 1 aliphatic rings. The van der Waals surface area contributed by atoms with Gasteiger partial charge in [-0.2, -0.15) is 0 Å². The van der Waals surface area contributed by atoms with Crippen LogP contribution in [0.25, 0.3) is 27.9 Å². The maximum atomic E-state index is 11.5. The maximum Gasteiger partial charge on any atom is 0.330 e. The number of hydrogen-bond acceptors (Lipinski definition) is 3. The number of ether oxygens (including phenoxy) is 1. The van der Waals surface area contributed by atoms with E-state index in [9.17, 15) is 4.79 Å². The highest BCUT2D eigenvalue weighted by Gasteiger charge is 2.28. The Kier molecular flexibility index (Phi) is 6.37. The van der Waals surface area contributed by atoms with Crippen molar-refractivity contribution in [1.82, 2.24) is 14.9 Å². The summed E-state index contributed by atoms with van der Waals surface area (Å²) in [6.45, 7) is 1.86. The molecule has 1 unspecified atom stereocenters. The number of benzene rings is 3. The summed E-state index contributed by atoms with van der Waals surface area (Å²) in [6.07, 6.45) is 10.8. The molecule has 2 heterocycles. The Morgan fingerprint density at radius 1 is 0.973 bits per heavy atom. The van der Waals surface area contributed by atoms with E-state index >= 15 is 0 Å². The Balaban J connectivity index is 1.29. The number of nitrogens with one attached hydrogen (secondary N) is 2. The molecule has 37 heavy (non-hydrogen) atoms. The predicted molar refractivity (Wildman–Crippen MR) is 149 cm³/mol. The molecular formula is C32H31N3O2. The molecule has 0 fully saturated rings. The molecule has 5 aromatic rings. The van der Waals surface area contributed by atoms with Gasteiger partial charge in [0, 0.05) is 59.4 Å². The van der Waals surface area contributed by atoms with E-state index in [0.29, 0.717) is 6.04 Å². The molecule has 0 saturated heterocycles. The van der Waals surface area contributed by atoms with Gasteiger partial charge in [0.1, 0.15) is 0 Å². The second kappa shape index (κ2) is 10.1.